The Labute approximate surface area is 368 Å². The molecule has 0 saturated carbocycles. The highest BCUT2D eigenvalue weighted by atomic mass is 16.5. The third-order valence-corrected chi connectivity index (χ3v) is 10.7. The summed E-state index contributed by atoms with van der Waals surface area (Å²) in [5.74, 6) is 2.62. The van der Waals surface area contributed by atoms with Gasteiger partial charge in [0, 0.05) is 49.2 Å². The fourth-order valence-corrected chi connectivity index (χ4v) is 7.44. The standard InChI is InChI=1S/C27H28N2O3.C26H26N2O3/c1-31-26(30)15-9-4-10-18-32-23-16-17-24-25(19-23)29(20-21-11-5-2-6-12-21)27(28-24)22-13-7-3-8-14-22;29-25(30)14-8-3-9-17-31-22-15-16-23-24(18-22)28(19-20-10-4-1-5-11-20)26(27-23)21-12-6-2-7-13-21/h2-3,5-8,11-14,16-17,19H,4,9-10,15,18,20H2,1H3;1-2,4-7,10-13,15-16,18H,3,8-9,14,17,19H2,(H,29,30). The Kier molecular flexibility index (Phi) is 15.7. The van der Waals surface area contributed by atoms with Crippen molar-refractivity contribution in [1.82, 2.24) is 19.1 Å². The maximum absolute atomic E-state index is 11.2. The van der Waals surface area contributed by atoms with Gasteiger partial charge < -0.3 is 28.5 Å². The van der Waals surface area contributed by atoms with E-state index < -0.39 is 5.97 Å². The second kappa shape index (κ2) is 22.6. The summed E-state index contributed by atoms with van der Waals surface area (Å²) in [7, 11) is 1.42. The summed E-state index contributed by atoms with van der Waals surface area (Å²) in [4.78, 5) is 31.6. The lowest BCUT2D eigenvalue weighted by Crippen LogP contribution is -2.03. The molecule has 0 radical (unpaired) electrons. The molecular formula is C53H54N4O6. The van der Waals surface area contributed by atoms with E-state index in [-0.39, 0.29) is 12.4 Å². The number of fused-ring (bicyclic) bond motifs is 2. The number of carboxylic acids is 1. The van der Waals surface area contributed by atoms with Crippen LogP contribution in [-0.4, -0.2) is 56.5 Å². The molecule has 0 unspecified atom stereocenters. The summed E-state index contributed by atoms with van der Waals surface area (Å²) in [6.45, 7) is 2.65. The van der Waals surface area contributed by atoms with E-state index in [2.05, 4.69) is 98.8 Å². The Hall–Kier alpha value is -7.20. The first-order valence-electron chi connectivity index (χ1n) is 21.7. The summed E-state index contributed by atoms with van der Waals surface area (Å²) in [6, 6.07) is 53.4. The highest BCUT2D eigenvalue weighted by molar-refractivity contribution is 5.83. The van der Waals surface area contributed by atoms with Crippen molar-refractivity contribution in [2.75, 3.05) is 20.3 Å². The molecule has 0 fully saturated rings. The van der Waals surface area contributed by atoms with Crippen molar-refractivity contribution in [2.45, 2.75) is 64.5 Å². The van der Waals surface area contributed by atoms with Crippen molar-refractivity contribution < 1.29 is 28.9 Å². The highest BCUT2D eigenvalue weighted by Crippen LogP contribution is 2.30. The molecule has 0 bridgehead atoms. The largest absolute Gasteiger partial charge is 0.494 e. The average Bonchev–Trinajstić information content (AvgIpc) is 3.87. The van der Waals surface area contributed by atoms with E-state index in [1.807, 2.05) is 72.8 Å². The van der Waals surface area contributed by atoms with Gasteiger partial charge in [0.2, 0.25) is 0 Å². The number of carbonyl (C=O) groups is 2. The molecule has 8 aromatic rings. The number of benzene rings is 6. The summed E-state index contributed by atoms with van der Waals surface area (Å²) in [5, 5.41) is 8.73. The van der Waals surface area contributed by atoms with Gasteiger partial charge in [-0.1, -0.05) is 121 Å². The lowest BCUT2D eigenvalue weighted by molar-refractivity contribution is -0.141. The van der Waals surface area contributed by atoms with E-state index in [4.69, 9.17) is 24.5 Å². The molecule has 6 aromatic carbocycles. The van der Waals surface area contributed by atoms with Crippen molar-refractivity contribution in [3.63, 3.8) is 0 Å². The van der Waals surface area contributed by atoms with Crippen LogP contribution in [0.3, 0.4) is 0 Å². The van der Waals surface area contributed by atoms with Crippen molar-refractivity contribution in [3.05, 3.63) is 169 Å². The minimum absolute atomic E-state index is 0.155. The van der Waals surface area contributed by atoms with Gasteiger partial charge in [0.25, 0.3) is 0 Å². The van der Waals surface area contributed by atoms with Crippen LogP contribution in [0.4, 0.5) is 0 Å². The SMILES string of the molecule is COC(=O)CCCCCOc1ccc2nc(-c3ccccc3)n(Cc3ccccc3)c2c1.O=C(O)CCCCCOc1ccc2nc(-c3ccccc3)n(Cc3ccccc3)c2c1. The molecule has 0 spiro atoms. The number of carboxylic acid groups (broad SMARTS) is 1. The van der Waals surface area contributed by atoms with Crippen LogP contribution in [0.5, 0.6) is 11.5 Å². The van der Waals surface area contributed by atoms with Crippen LogP contribution < -0.4 is 9.47 Å². The number of methoxy groups -OCH3 is 1. The van der Waals surface area contributed by atoms with Crippen molar-refractivity contribution in [2.24, 2.45) is 0 Å². The molecule has 0 aliphatic carbocycles. The lowest BCUT2D eigenvalue weighted by atomic mass is 10.2. The Morgan fingerprint density at radius 2 is 0.921 bits per heavy atom. The minimum atomic E-state index is -0.743. The van der Waals surface area contributed by atoms with Gasteiger partial charge in [0.15, 0.2) is 0 Å². The van der Waals surface area contributed by atoms with Crippen LogP contribution >= 0.6 is 0 Å². The van der Waals surface area contributed by atoms with Crippen LogP contribution in [0.1, 0.15) is 62.5 Å². The summed E-state index contributed by atoms with van der Waals surface area (Å²) in [5.41, 5.74) is 8.57. The molecule has 63 heavy (non-hydrogen) atoms. The Morgan fingerprint density at radius 1 is 0.508 bits per heavy atom. The monoisotopic (exact) mass is 842 g/mol. The van der Waals surface area contributed by atoms with E-state index >= 15 is 0 Å². The molecule has 8 rings (SSSR count). The van der Waals surface area contributed by atoms with Gasteiger partial charge in [-0.05, 0) is 73.9 Å². The molecule has 322 valence electrons. The lowest BCUT2D eigenvalue weighted by Gasteiger charge is -2.11. The topological polar surface area (TPSA) is 118 Å². The molecule has 2 aromatic heterocycles. The number of hydrogen-bond acceptors (Lipinski definition) is 7. The van der Waals surface area contributed by atoms with Gasteiger partial charge in [-0.15, -0.1) is 0 Å². The Balaban J connectivity index is 0.000000189. The number of aromatic nitrogens is 4. The molecule has 0 aliphatic heterocycles. The number of unbranched alkanes of at least 4 members (excludes halogenated alkanes) is 4. The summed E-state index contributed by atoms with van der Waals surface area (Å²) >= 11 is 0. The maximum Gasteiger partial charge on any atom is 0.305 e. The normalized spacial score (nSPS) is 10.9. The number of nitrogens with zero attached hydrogens (tertiary/aromatic N) is 4. The number of carbonyl (C=O) groups excluding carboxylic acids is 1. The van der Waals surface area contributed by atoms with E-state index in [0.29, 0.717) is 26.1 Å². The number of hydrogen-bond donors (Lipinski definition) is 1. The first-order chi connectivity index (χ1) is 30.9. The molecule has 10 heteroatoms. The molecule has 0 amide bonds. The summed E-state index contributed by atoms with van der Waals surface area (Å²) < 4.78 is 21.1. The van der Waals surface area contributed by atoms with E-state index in [0.717, 1.165) is 102 Å². The molecule has 2 heterocycles. The van der Waals surface area contributed by atoms with Crippen LogP contribution in [0.25, 0.3) is 44.8 Å². The van der Waals surface area contributed by atoms with Crippen molar-refractivity contribution in [3.8, 4) is 34.3 Å². The van der Waals surface area contributed by atoms with E-state index in [1.54, 1.807) is 0 Å². The van der Waals surface area contributed by atoms with Crippen LogP contribution in [-0.2, 0) is 27.4 Å². The third-order valence-electron chi connectivity index (χ3n) is 10.7. The fraction of sp³-hybridized carbons (Fsp3) is 0.245. The average molecular weight is 843 g/mol. The zero-order valence-corrected chi connectivity index (χ0v) is 35.8. The number of ether oxygens (including phenoxy) is 3. The first kappa shape index (κ1) is 43.9. The quantitative estimate of drug-likeness (QED) is 0.0595. The molecule has 0 saturated heterocycles. The molecular weight excluding hydrogens is 789 g/mol. The van der Waals surface area contributed by atoms with E-state index in [1.165, 1.54) is 18.2 Å². The fourth-order valence-electron chi connectivity index (χ4n) is 7.44. The van der Waals surface area contributed by atoms with Crippen molar-refractivity contribution in [1.29, 1.82) is 0 Å². The zero-order valence-electron chi connectivity index (χ0n) is 35.8. The molecule has 0 aliphatic rings. The number of esters is 1. The first-order valence-corrected chi connectivity index (χ1v) is 21.7. The zero-order chi connectivity index (χ0) is 43.6. The van der Waals surface area contributed by atoms with Gasteiger partial charge in [-0.25, -0.2) is 9.97 Å². The maximum atomic E-state index is 11.2. The van der Waals surface area contributed by atoms with Crippen LogP contribution in [0, 0.1) is 0 Å². The minimum Gasteiger partial charge on any atom is -0.494 e. The molecule has 10 nitrogen and oxygen atoms in total. The predicted octanol–water partition coefficient (Wildman–Crippen LogP) is 11.6. The highest BCUT2D eigenvalue weighted by Gasteiger charge is 2.16. The second-order valence-electron chi connectivity index (χ2n) is 15.3. The molecule has 1 N–H and O–H groups in total. The second-order valence-corrected chi connectivity index (χ2v) is 15.3. The van der Waals surface area contributed by atoms with Gasteiger partial charge >= 0.3 is 11.9 Å². The molecule has 0 atom stereocenters. The smallest absolute Gasteiger partial charge is 0.305 e. The van der Waals surface area contributed by atoms with Gasteiger partial charge in [0.1, 0.15) is 23.1 Å². The third kappa shape index (κ3) is 12.4. The van der Waals surface area contributed by atoms with Gasteiger partial charge in [0.05, 0.1) is 42.4 Å². The number of aliphatic carboxylic acids is 1. The van der Waals surface area contributed by atoms with Crippen LogP contribution in [0.15, 0.2) is 158 Å². The van der Waals surface area contributed by atoms with E-state index in [9.17, 15) is 9.59 Å². The Morgan fingerprint density at radius 3 is 1.33 bits per heavy atom. The van der Waals surface area contributed by atoms with Crippen molar-refractivity contribution >= 4 is 34.0 Å². The number of rotatable bonds is 20. The van der Waals surface area contributed by atoms with Gasteiger partial charge in [-0.2, -0.15) is 0 Å². The summed E-state index contributed by atoms with van der Waals surface area (Å²) in [6.07, 6.45) is 5.69. The predicted molar refractivity (Wildman–Crippen MR) is 249 cm³/mol. The number of imidazole rings is 2. The van der Waals surface area contributed by atoms with Gasteiger partial charge in [-0.3, -0.25) is 9.59 Å². The Bertz CT molecular complexity index is 2660. The van der Waals surface area contributed by atoms with Crippen LogP contribution in [0.2, 0.25) is 0 Å².